The van der Waals surface area contributed by atoms with Crippen LogP contribution in [0.5, 0.6) is 17.2 Å². The molecule has 1 saturated heterocycles. The van der Waals surface area contributed by atoms with Gasteiger partial charge in [0.15, 0.2) is 0 Å². The van der Waals surface area contributed by atoms with Crippen LogP contribution in [0.25, 0.3) is 11.1 Å². The molecule has 0 bridgehead atoms. The number of fused-ring (bicyclic) bond motifs is 2. The molecule has 6 rings (SSSR count). The minimum absolute atomic E-state index is 0.0491. The molecule has 2 atom stereocenters. The van der Waals surface area contributed by atoms with E-state index in [0.29, 0.717) is 30.3 Å². The molecule has 1 aliphatic carbocycles. The van der Waals surface area contributed by atoms with E-state index in [1.165, 1.54) is 0 Å². The third-order valence-electron chi connectivity index (χ3n) is 8.28. The Morgan fingerprint density at radius 2 is 1.82 bits per heavy atom. The molecule has 2 unspecified atom stereocenters. The fourth-order valence-electron chi connectivity index (χ4n) is 6.23. The Morgan fingerprint density at radius 3 is 2.50 bits per heavy atom. The highest BCUT2D eigenvalue weighted by Crippen LogP contribution is 2.45. The predicted octanol–water partition coefficient (Wildman–Crippen LogP) is 6.27. The second kappa shape index (κ2) is 10.2. The van der Waals surface area contributed by atoms with Crippen LogP contribution in [-0.2, 0) is 16.0 Å². The number of nitrogens with zero attached hydrogens (tertiary/aromatic N) is 1. The molecule has 2 aliphatic heterocycles. The number of ether oxygens (including phenoxy) is 4. The summed E-state index contributed by atoms with van der Waals surface area (Å²) in [5, 5.41) is 19.2. The maximum atomic E-state index is 11.2. The number of hydrogen-bond donors (Lipinski definition) is 1. The van der Waals surface area contributed by atoms with E-state index in [9.17, 15) is 15.2 Å². The fourth-order valence-corrected chi connectivity index (χ4v) is 6.23. The van der Waals surface area contributed by atoms with Gasteiger partial charge in [0.05, 0.1) is 44.5 Å². The molecule has 3 aliphatic rings. The summed E-state index contributed by atoms with van der Waals surface area (Å²) in [7, 11) is 0. The first-order valence-corrected chi connectivity index (χ1v) is 13.8. The summed E-state index contributed by atoms with van der Waals surface area (Å²) in [6.07, 6.45) is 1.51. The van der Waals surface area contributed by atoms with Gasteiger partial charge in [0.1, 0.15) is 23.4 Å². The lowest BCUT2D eigenvalue weighted by Gasteiger charge is -2.37. The quantitative estimate of drug-likeness (QED) is 0.360. The molecule has 40 heavy (non-hydrogen) atoms. The minimum Gasteiger partial charge on any atom is -0.493 e. The molecule has 0 saturated carbocycles. The highest BCUT2D eigenvalue weighted by molar-refractivity contribution is 5.81. The van der Waals surface area contributed by atoms with Crippen molar-refractivity contribution >= 4 is 5.97 Å². The van der Waals surface area contributed by atoms with Gasteiger partial charge in [0, 0.05) is 28.5 Å². The summed E-state index contributed by atoms with van der Waals surface area (Å²) < 4.78 is 23.7. The molecule has 3 aromatic rings. The van der Waals surface area contributed by atoms with E-state index in [4.69, 9.17) is 18.9 Å². The molecule has 206 valence electrons. The number of nitriles is 1. The number of hydrogen-bond acceptors (Lipinski definition) is 6. The van der Waals surface area contributed by atoms with Crippen molar-refractivity contribution in [1.29, 1.82) is 5.26 Å². The van der Waals surface area contributed by atoms with E-state index in [1.54, 1.807) is 0 Å². The number of carbonyl (C=O) groups is 1. The third kappa shape index (κ3) is 4.77. The van der Waals surface area contributed by atoms with E-state index in [1.807, 2.05) is 30.3 Å². The number of carboxylic acid groups (broad SMARTS) is 1. The van der Waals surface area contributed by atoms with Crippen LogP contribution in [0.3, 0.4) is 0 Å². The maximum Gasteiger partial charge on any atom is 0.304 e. The lowest BCUT2D eigenvalue weighted by molar-refractivity contribution is -0.137. The largest absolute Gasteiger partial charge is 0.493 e. The summed E-state index contributed by atoms with van der Waals surface area (Å²) in [5.74, 6) is 1.25. The van der Waals surface area contributed by atoms with Crippen LogP contribution < -0.4 is 14.2 Å². The minimum atomic E-state index is -0.831. The standard InChI is InChI=1S/C33H33NO6/c1-19-10-24(39-18-33(3)16-37-17-33)11-20(2)31(19)32-21(14-34)4-6-26-27(32)8-9-28(26)40-23-5-7-25-22(12-30(35)36)15-38-29(25)13-23/h4-7,10-11,13,22,28H,8-9,12,15-18H2,1-3H3,(H,35,36). The van der Waals surface area contributed by atoms with Gasteiger partial charge in [-0.05, 0) is 78.8 Å². The second-order valence-corrected chi connectivity index (χ2v) is 11.6. The van der Waals surface area contributed by atoms with Gasteiger partial charge in [0.2, 0.25) is 0 Å². The van der Waals surface area contributed by atoms with Crippen molar-refractivity contribution < 1.29 is 28.8 Å². The Labute approximate surface area is 234 Å². The first-order valence-electron chi connectivity index (χ1n) is 13.8. The van der Waals surface area contributed by atoms with E-state index in [2.05, 4.69) is 39.0 Å². The summed E-state index contributed by atoms with van der Waals surface area (Å²) in [6.45, 7) is 8.75. The number of rotatable bonds is 8. The Kier molecular flexibility index (Phi) is 6.67. The predicted molar refractivity (Wildman–Crippen MR) is 149 cm³/mol. The highest BCUT2D eigenvalue weighted by atomic mass is 16.5. The highest BCUT2D eigenvalue weighted by Gasteiger charge is 2.35. The molecule has 0 amide bonds. The first kappa shape index (κ1) is 26.2. The molecule has 0 radical (unpaired) electrons. The van der Waals surface area contributed by atoms with Crippen molar-refractivity contribution in [1.82, 2.24) is 0 Å². The molecule has 7 nitrogen and oxygen atoms in total. The van der Waals surface area contributed by atoms with Crippen molar-refractivity contribution in [2.24, 2.45) is 5.41 Å². The summed E-state index contributed by atoms with van der Waals surface area (Å²) >= 11 is 0. The lowest BCUT2D eigenvalue weighted by atomic mass is 9.87. The van der Waals surface area contributed by atoms with E-state index >= 15 is 0 Å². The molecule has 0 aromatic heterocycles. The Hall–Kier alpha value is -4.02. The normalized spacial score (nSPS) is 20.1. The summed E-state index contributed by atoms with van der Waals surface area (Å²) in [6, 6.07) is 16.2. The number of aryl methyl sites for hydroxylation is 2. The zero-order valence-electron chi connectivity index (χ0n) is 23.1. The first-order chi connectivity index (χ1) is 19.2. The second-order valence-electron chi connectivity index (χ2n) is 11.6. The lowest BCUT2D eigenvalue weighted by Crippen LogP contribution is -2.44. The molecule has 1 fully saturated rings. The van der Waals surface area contributed by atoms with Crippen molar-refractivity contribution in [3.63, 3.8) is 0 Å². The average molecular weight is 540 g/mol. The number of aliphatic carboxylic acids is 1. The average Bonchev–Trinajstić information content (AvgIpc) is 3.49. The third-order valence-corrected chi connectivity index (χ3v) is 8.28. The van der Waals surface area contributed by atoms with Gasteiger partial charge in [0.25, 0.3) is 0 Å². The molecular formula is C33H33NO6. The fraction of sp³-hybridized carbons (Fsp3) is 0.394. The Bertz CT molecular complexity index is 1510. The summed E-state index contributed by atoms with van der Waals surface area (Å²) in [5.41, 5.74) is 8.10. The van der Waals surface area contributed by atoms with E-state index in [0.717, 1.165) is 70.7 Å². The zero-order chi connectivity index (χ0) is 28.0. The van der Waals surface area contributed by atoms with Crippen molar-refractivity contribution in [2.75, 3.05) is 26.4 Å². The van der Waals surface area contributed by atoms with Gasteiger partial charge in [-0.3, -0.25) is 4.79 Å². The van der Waals surface area contributed by atoms with Crippen LogP contribution >= 0.6 is 0 Å². The topological polar surface area (TPSA) is 98.0 Å². The zero-order valence-corrected chi connectivity index (χ0v) is 23.1. The van der Waals surface area contributed by atoms with Crippen LogP contribution in [0.1, 0.15) is 65.2 Å². The van der Waals surface area contributed by atoms with E-state index in [-0.39, 0.29) is 23.9 Å². The molecule has 7 heteroatoms. The van der Waals surface area contributed by atoms with Crippen LogP contribution in [0.15, 0.2) is 42.5 Å². The van der Waals surface area contributed by atoms with Gasteiger partial charge < -0.3 is 24.1 Å². The van der Waals surface area contributed by atoms with E-state index < -0.39 is 5.97 Å². The number of carboxylic acids is 1. The van der Waals surface area contributed by atoms with Crippen LogP contribution in [0.4, 0.5) is 0 Å². The van der Waals surface area contributed by atoms with Crippen LogP contribution in [-0.4, -0.2) is 37.5 Å². The molecule has 0 spiro atoms. The Balaban J connectivity index is 1.27. The van der Waals surface area contributed by atoms with Gasteiger partial charge in [-0.15, -0.1) is 0 Å². The van der Waals surface area contributed by atoms with Crippen molar-refractivity contribution in [3.8, 4) is 34.4 Å². The maximum absolute atomic E-state index is 11.2. The number of benzene rings is 3. The Morgan fingerprint density at radius 1 is 1.07 bits per heavy atom. The van der Waals surface area contributed by atoms with Crippen LogP contribution in [0.2, 0.25) is 0 Å². The monoisotopic (exact) mass is 539 g/mol. The van der Waals surface area contributed by atoms with Gasteiger partial charge in [-0.1, -0.05) is 19.1 Å². The molecule has 3 aromatic carbocycles. The van der Waals surface area contributed by atoms with Gasteiger partial charge >= 0.3 is 5.97 Å². The summed E-state index contributed by atoms with van der Waals surface area (Å²) in [4.78, 5) is 11.2. The van der Waals surface area contributed by atoms with Gasteiger partial charge in [-0.25, -0.2) is 0 Å². The molecule has 2 heterocycles. The van der Waals surface area contributed by atoms with Gasteiger partial charge in [-0.2, -0.15) is 5.26 Å². The van der Waals surface area contributed by atoms with Crippen molar-refractivity contribution in [2.45, 2.75) is 52.1 Å². The molecular weight excluding hydrogens is 506 g/mol. The molecule has 1 N–H and O–H groups in total. The smallest absolute Gasteiger partial charge is 0.304 e. The SMILES string of the molecule is Cc1cc(OCC2(C)COC2)cc(C)c1-c1c(C#N)ccc2c1CCC2Oc1ccc2c(c1)OCC2CC(=O)O. The van der Waals surface area contributed by atoms with Crippen LogP contribution in [0, 0.1) is 30.6 Å². The van der Waals surface area contributed by atoms with Crippen molar-refractivity contribution in [3.05, 3.63) is 75.8 Å².